The van der Waals surface area contributed by atoms with Crippen LogP contribution in [0.3, 0.4) is 0 Å². The SMILES string of the molecule is C=CCN(C)C(=O)C1CN2CCC1CC2Cn1cc(CO)nn1. The average molecular weight is 319 g/mol. The third-order valence-corrected chi connectivity index (χ3v) is 5.12. The molecule has 4 heterocycles. The summed E-state index contributed by atoms with van der Waals surface area (Å²) >= 11 is 0. The van der Waals surface area contributed by atoms with Gasteiger partial charge in [-0.25, -0.2) is 0 Å². The van der Waals surface area contributed by atoms with E-state index in [-0.39, 0.29) is 18.4 Å². The number of amides is 1. The molecule has 0 saturated carbocycles. The van der Waals surface area contributed by atoms with Crippen LogP contribution in [0.5, 0.6) is 0 Å². The zero-order chi connectivity index (χ0) is 16.4. The number of aliphatic hydroxyl groups excluding tert-OH is 1. The summed E-state index contributed by atoms with van der Waals surface area (Å²) in [5, 5.41) is 17.1. The van der Waals surface area contributed by atoms with Gasteiger partial charge in [-0.05, 0) is 25.3 Å². The van der Waals surface area contributed by atoms with E-state index in [0.717, 1.165) is 32.5 Å². The van der Waals surface area contributed by atoms with Crippen LogP contribution in [-0.2, 0) is 17.9 Å². The number of aromatic nitrogens is 3. The Hall–Kier alpha value is -1.73. The summed E-state index contributed by atoms with van der Waals surface area (Å²) in [6, 6.07) is 0.399. The molecule has 1 aromatic heterocycles. The minimum atomic E-state index is -0.0801. The Morgan fingerprint density at radius 3 is 3.04 bits per heavy atom. The van der Waals surface area contributed by atoms with Crippen LogP contribution in [0.1, 0.15) is 18.5 Å². The van der Waals surface area contributed by atoms with Crippen molar-refractivity contribution in [2.45, 2.75) is 32.0 Å². The number of hydrogen-bond donors (Lipinski definition) is 1. The molecule has 2 bridgehead atoms. The number of aliphatic hydroxyl groups is 1. The van der Waals surface area contributed by atoms with E-state index in [4.69, 9.17) is 5.11 Å². The molecule has 7 heteroatoms. The molecule has 7 nitrogen and oxygen atoms in total. The number of hydrogen-bond acceptors (Lipinski definition) is 5. The van der Waals surface area contributed by atoms with E-state index in [0.29, 0.717) is 24.2 Å². The van der Waals surface area contributed by atoms with Crippen molar-refractivity contribution in [3.05, 3.63) is 24.5 Å². The summed E-state index contributed by atoms with van der Waals surface area (Å²) in [7, 11) is 1.85. The normalized spacial score (nSPS) is 29.5. The number of rotatable bonds is 6. The third kappa shape index (κ3) is 3.30. The predicted molar refractivity (Wildman–Crippen MR) is 85.4 cm³/mol. The van der Waals surface area contributed by atoms with Crippen molar-refractivity contribution >= 4 is 5.91 Å². The van der Waals surface area contributed by atoms with Crippen LogP contribution in [0, 0.1) is 11.8 Å². The van der Waals surface area contributed by atoms with Crippen molar-refractivity contribution in [1.29, 1.82) is 0 Å². The lowest BCUT2D eigenvalue weighted by molar-refractivity contribution is -0.142. The zero-order valence-electron chi connectivity index (χ0n) is 13.6. The molecular formula is C16H25N5O2. The maximum Gasteiger partial charge on any atom is 0.227 e. The molecule has 3 aliphatic rings. The molecule has 0 spiro atoms. The van der Waals surface area contributed by atoms with Crippen LogP contribution >= 0.6 is 0 Å². The van der Waals surface area contributed by atoms with Gasteiger partial charge in [0, 0.05) is 26.2 Å². The van der Waals surface area contributed by atoms with Gasteiger partial charge in [0.1, 0.15) is 5.69 Å². The fourth-order valence-electron chi connectivity index (χ4n) is 3.89. The van der Waals surface area contributed by atoms with Crippen molar-refractivity contribution in [3.8, 4) is 0 Å². The molecule has 4 unspecified atom stereocenters. The van der Waals surface area contributed by atoms with Crippen molar-refractivity contribution in [3.63, 3.8) is 0 Å². The molecule has 1 N–H and O–H groups in total. The maximum atomic E-state index is 12.6. The largest absolute Gasteiger partial charge is 0.390 e. The number of carbonyl (C=O) groups excluding carboxylic acids is 1. The highest BCUT2D eigenvalue weighted by molar-refractivity contribution is 5.79. The molecule has 0 aliphatic carbocycles. The first-order chi connectivity index (χ1) is 11.1. The summed E-state index contributed by atoms with van der Waals surface area (Å²) in [5.41, 5.74) is 0.597. The van der Waals surface area contributed by atoms with Gasteiger partial charge >= 0.3 is 0 Å². The Labute approximate surface area is 136 Å². The summed E-state index contributed by atoms with van der Waals surface area (Å²) in [6.07, 6.45) is 5.68. The number of piperidine rings is 3. The van der Waals surface area contributed by atoms with Crippen LogP contribution < -0.4 is 0 Å². The Bertz CT molecular complexity index is 573. The number of carbonyl (C=O) groups is 1. The van der Waals surface area contributed by atoms with E-state index in [1.54, 1.807) is 21.9 Å². The van der Waals surface area contributed by atoms with Gasteiger partial charge in [-0.15, -0.1) is 11.7 Å². The summed E-state index contributed by atoms with van der Waals surface area (Å²) in [5.74, 6) is 0.792. The Morgan fingerprint density at radius 2 is 2.43 bits per heavy atom. The standard InChI is InChI=1S/C16H25N5O2/c1-3-5-19(2)16(23)15-10-20-6-4-12(15)7-14(20)9-21-8-13(11-22)17-18-21/h3,8,12,14-15,22H,1,4-7,9-11H2,2H3. The Morgan fingerprint density at radius 1 is 1.61 bits per heavy atom. The molecule has 1 aromatic rings. The van der Waals surface area contributed by atoms with E-state index >= 15 is 0 Å². The second-order valence-corrected chi connectivity index (χ2v) is 6.64. The first-order valence-electron chi connectivity index (χ1n) is 8.22. The van der Waals surface area contributed by atoms with Crippen LogP contribution in [0.25, 0.3) is 0 Å². The molecule has 3 saturated heterocycles. The number of fused-ring (bicyclic) bond motifs is 3. The quantitative estimate of drug-likeness (QED) is 0.754. The highest BCUT2D eigenvalue weighted by Crippen LogP contribution is 2.37. The van der Waals surface area contributed by atoms with Crippen molar-refractivity contribution in [2.75, 3.05) is 26.7 Å². The maximum absolute atomic E-state index is 12.6. The van der Waals surface area contributed by atoms with E-state index < -0.39 is 0 Å². The first-order valence-corrected chi connectivity index (χ1v) is 8.22. The fraction of sp³-hybridized carbons (Fsp3) is 0.688. The van der Waals surface area contributed by atoms with Gasteiger partial charge in [0.25, 0.3) is 0 Å². The lowest BCUT2D eigenvalue weighted by Crippen LogP contribution is -2.58. The predicted octanol–water partition coefficient (Wildman–Crippen LogP) is 0.125. The summed E-state index contributed by atoms with van der Waals surface area (Å²) in [4.78, 5) is 16.8. The van der Waals surface area contributed by atoms with Crippen molar-refractivity contribution in [1.82, 2.24) is 24.8 Å². The van der Waals surface area contributed by atoms with Crippen molar-refractivity contribution in [2.24, 2.45) is 11.8 Å². The molecule has 0 radical (unpaired) electrons. The summed E-state index contributed by atoms with van der Waals surface area (Å²) < 4.78 is 1.80. The molecule has 4 atom stereocenters. The molecule has 3 fully saturated rings. The lowest BCUT2D eigenvalue weighted by atomic mass is 9.75. The average Bonchev–Trinajstić information content (AvgIpc) is 3.02. The number of nitrogens with zero attached hydrogens (tertiary/aromatic N) is 5. The highest BCUT2D eigenvalue weighted by atomic mass is 16.3. The molecule has 1 amide bonds. The third-order valence-electron chi connectivity index (χ3n) is 5.12. The van der Waals surface area contributed by atoms with Gasteiger partial charge in [-0.2, -0.15) is 0 Å². The monoisotopic (exact) mass is 319 g/mol. The van der Waals surface area contributed by atoms with Gasteiger partial charge < -0.3 is 10.0 Å². The van der Waals surface area contributed by atoms with Gasteiger partial charge in [0.15, 0.2) is 0 Å². The first kappa shape index (κ1) is 16.1. The zero-order valence-corrected chi connectivity index (χ0v) is 13.6. The van der Waals surface area contributed by atoms with Gasteiger partial charge in [0.2, 0.25) is 5.91 Å². The van der Waals surface area contributed by atoms with Gasteiger partial charge in [-0.1, -0.05) is 11.3 Å². The van der Waals surface area contributed by atoms with Crippen LogP contribution in [0.2, 0.25) is 0 Å². The van der Waals surface area contributed by atoms with E-state index in [1.165, 1.54) is 0 Å². The van der Waals surface area contributed by atoms with Crippen LogP contribution in [-0.4, -0.2) is 68.5 Å². The highest BCUT2D eigenvalue weighted by Gasteiger charge is 2.43. The van der Waals surface area contributed by atoms with E-state index in [2.05, 4.69) is 21.8 Å². The van der Waals surface area contributed by atoms with Crippen LogP contribution in [0.4, 0.5) is 0 Å². The smallest absolute Gasteiger partial charge is 0.227 e. The van der Waals surface area contributed by atoms with Gasteiger partial charge in [-0.3, -0.25) is 14.4 Å². The molecule has 126 valence electrons. The second kappa shape index (κ2) is 6.80. The van der Waals surface area contributed by atoms with Gasteiger partial charge in [0.05, 0.1) is 25.3 Å². The second-order valence-electron chi connectivity index (χ2n) is 6.64. The number of likely N-dealkylation sites (N-methyl/N-ethyl adjacent to an activating group) is 1. The Balaban J connectivity index is 1.62. The van der Waals surface area contributed by atoms with Crippen LogP contribution in [0.15, 0.2) is 18.9 Å². The molecular weight excluding hydrogens is 294 g/mol. The molecule has 4 rings (SSSR count). The fourth-order valence-corrected chi connectivity index (χ4v) is 3.89. The lowest BCUT2D eigenvalue weighted by Gasteiger charge is -2.49. The van der Waals surface area contributed by atoms with Crippen molar-refractivity contribution < 1.29 is 9.90 Å². The van der Waals surface area contributed by atoms with E-state index in [9.17, 15) is 4.79 Å². The Kier molecular flexibility index (Phi) is 4.77. The minimum absolute atomic E-state index is 0.0801. The molecule has 0 aromatic carbocycles. The topological polar surface area (TPSA) is 74.5 Å². The minimum Gasteiger partial charge on any atom is -0.390 e. The summed E-state index contributed by atoms with van der Waals surface area (Å²) in [6.45, 7) is 6.88. The molecule has 3 aliphatic heterocycles. The molecule has 23 heavy (non-hydrogen) atoms. The van der Waals surface area contributed by atoms with E-state index in [1.807, 2.05) is 7.05 Å².